The van der Waals surface area contributed by atoms with Gasteiger partial charge in [-0.1, -0.05) is 42.3 Å². The van der Waals surface area contributed by atoms with Crippen molar-refractivity contribution >= 4 is 5.84 Å². The SMILES string of the molecule is COCC1(c2ccc(/C(N)=N/O)cc2)CCCC1. The Morgan fingerprint density at radius 2 is 1.94 bits per heavy atom. The fraction of sp³-hybridized carbons (Fsp3) is 0.500. The van der Waals surface area contributed by atoms with Crippen LogP contribution < -0.4 is 5.73 Å². The van der Waals surface area contributed by atoms with E-state index in [0.29, 0.717) is 0 Å². The lowest BCUT2D eigenvalue weighted by molar-refractivity contribution is 0.131. The van der Waals surface area contributed by atoms with Crippen molar-refractivity contribution < 1.29 is 9.94 Å². The van der Waals surface area contributed by atoms with Gasteiger partial charge in [0.05, 0.1) is 6.61 Å². The van der Waals surface area contributed by atoms with Crippen LogP contribution in [0.5, 0.6) is 0 Å². The zero-order valence-electron chi connectivity index (χ0n) is 10.7. The fourth-order valence-corrected chi connectivity index (χ4v) is 2.90. The third-order valence-corrected chi connectivity index (χ3v) is 3.88. The van der Waals surface area contributed by atoms with E-state index in [1.807, 2.05) is 12.1 Å². The molecule has 4 nitrogen and oxygen atoms in total. The van der Waals surface area contributed by atoms with Crippen LogP contribution in [0.1, 0.15) is 36.8 Å². The minimum absolute atomic E-state index is 0.147. The highest BCUT2D eigenvalue weighted by Gasteiger charge is 2.35. The average Bonchev–Trinajstić information content (AvgIpc) is 2.88. The summed E-state index contributed by atoms with van der Waals surface area (Å²) in [5.74, 6) is 0.147. The first kappa shape index (κ1) is 12.9. The standard InChI is InChI=1S/C14H20N2O2/c1-18-10-14(8-2-3-9-14)12-6-4-11(5-7-12)13(15)16-17/h4-7,17H,2-3,8-10H2,1H3,(H2,15,16). The highest BCUT2D eigenvalue weighted by atomic mass is 16.5. The molecule has 0 aliphatic heterocycles. The van der Waals surface area contributed by atoms with Gasteiger partial charge in [0.1, 0.15) is 0 Å². The van der Waals surface area contributed by atoms with Gasteiger partial charge in [-0.25, -0.2) is 0 Å². The topological polar surface area (TPSA) is 67.8 Å². The van der Waals surface area contributed by atoms with Crippen molar-refractivity contribution in [1.29, 1.82) is 0 Å². The number of ether oxygens (including phenoxy) is 1. The van der Waals surface area contributed by atoms with Crippen molar-refractivity contribution in [2.24, 2.45) is 10.9 Å². The summed E-state index contributed by atoms with van der Waals surface area (Å²) in [4.78, 5) is 0. The molecule has 98 valence electrons. The summed E-state index contributed by atoms with van der Waals surface area (Å²) in [6.45, 7) is 0.760. The third-order valence-electron chi connectivity index (χ3n) is 3.88. The van der Waals surface area contributed by atoms with E-state index in [1.54, 1.807) is 7.11 Å². The molecule has 0 spiro atoms. The first-order valence-corrected chi connectivity index (χ1v) is 6.29. The summed E-state index contributed by atoms with van der Waals surface area (Å²) in [6.07, 6.45) is 4.85. The average molecular weight is 248 g/mol. The van der Waals surface area contributed by atoms with E-state index in [4.69, 9.17) is 15.7 Å². The monoisotopic (exact) mass is 248 g/mol. The van der Waals surface area contributed by atoms with E-state index in [0.717, 1.165) is 12.2 Å². The Morgan fingerprint density at radius 1 is 1.33 bits per heavy atom. The second-order valence-electron chi connectivity index (χ2n) is 4.98. The van der Waals surface area contributed by atoms with Gasteiger partial charge in [0.25, 0.3) is 0 Å². The fourth-order valence-electron chi connectivity index (χ4n) is 2.90. The number of nitrogens with two attached hydrogens (primary N) is 1. The lowest BCUT2D eigenvalue weighted by Crippen LogP contribution is -2.28. The number of hydrogen-bond donors (Lipinski definition) is 2. The predicted octanol–water partition coefficient (Wildman–Crippen LogP) is 2.24. The Hall–Kier alpha value is -1.55. The van der Waals surface area contributed by atoms with Gasteiger partial charge in [-0.15, -0.1) is 0 Å². The Morgan fingerprint density at radius 3 is 2.44 bits per heavy atom. The molecule has 1 aliphatic rings. The molecule has 0 saturated heterocycles. The molecule has 1 aromatic carbocycles. The molecule has 4 heteroatoms. The third kappa shape index (κ3) is 2.34. The summed E-state index contributed by atoms with van der Waals surface area (Å²) < 4.78 is 5.39. The quantitative estimate of drug-likeness (QED) is 0.371. The Kier molecular flexibility index (Phi) is 3.87. The summed E-state index contributed by atoms with van der Waals surface area (Å²) in [5, 5.41) is 11.7. The number of nitrogens with zero attached hydrogens (tertiary/aromatic N) is 1. The maximum absolute atomic E-state index is 8.65. The first-order chi connectivity index (χ1) is 8.72. The number of methoxy groups -OCH3 is 1. The molecule has 2 rings (SSSR count). The van der Waals surface area contributed by atoms with Crippen LogP contribution in [0.15, 0.2) is 29.4 Å². The van der Waals surface area contributed by atoms with Gasteiger partial charge in [-0.3, -0.25) is 0 Å². The van der Waals surface area contributed by atoms with Crippen LogP contribution in [0.4, 0.5) is 0 Å². The van der Waals surface area contributed by atoms with Crippen LogP contribution in [0.2, 0.25) is 0 Å². The molecule has 0 radical (unpaired) electrons. The van der Waals surface area contributed by atoms with E-state index in [9.17, 15) is 0 Å². The molecule has 0 bridgehead atoms. The minimum atomic E-state index is 0.147. The first-order valence-electron chi connectivity index (χ1n) is 6.29. The van der Waals surface area contributed by atoms with Crippen molar-refractivity contribution in [2.45, 2.75) is 31.1 Å². The predicted molar refractivity (Wildman–Crippen MR) is 71.0 cm³/mol. The normalized spacial score (nSPS) is 19.1. The molecular formula is C14H20N2O2. The maximum atomic E-state index is 8.65. The molecule has 1 aromatic rings. The zero-order chi connectivity index (χ0) is 13.0. The Balaban J connectivity index is 2.27. The smallest absolute Gasteiger partial charge is 0.170 e. The van der Waals surface area contributed by atoms with Crippen LogP contribution >= 0.6 is 0 Å². The second-order valence-corrected chi connectivity index (χ2v) is 4.98. The number of benzene rings is 1. The van der Waals surface area contributed by atoms with Crippen LogP contribution in [-0.2, 0) is 10.2 Å². The highest BCUT2D eigenvalue weighted by Crippen LogP contribution is 2.41. The molecule has 0 aromatic heterocycles. The lowest BCUT2D eigenvalue weighted by Gasteiger charge is -2.28. The van der Waals surface area contributed by atoms with Crippen LogP contribution in [0, 0.1) is 0 Å². The van der Waals surface area contributed by atoms with E-state index in [-0.39, 0.29) is 11.3 Å². The summed E-state index contributed by atoms with van der Waals surface area (Å²) in [5.41, 5.74) is 7.75. The molecule has 0 amide bonds. The molecular weight excluding hydrogens is 228 g/mol. The second kappa shape index (κ2) is 5.40. The molecule has 18 heavy (non-hydrogen) atoms. The van der Waals surface area contributed by atoms with Gasteiger partial charge in [0.2, 0.25) is 0 Å². The highest BCUT2D eigenvalue weighted by molar-refractivity contribution is 5.96. The van der Waals surface area contributed by atoms with Crippen molar-refractivity contribution in [3.8, 4) is 0 Å². The Bertz CT molecular complexity index is 420. The summed E-state index contributed by atoms with van der Waals surface area (Å²) in [6, 6.07) is 7.94. The number of rotatable bonds is 4. The molecule has 0 atom stereocenters. The zero-order valence-corrected chi connectivity index (χ0v) is 10.7. The lowest BCUT2D eigenvalue weighted by atomic mass is 9.79. The van der Waals surface area contributed by atoms with Gasteiger partial charge in [0, 0.05) is 18.1 Å². The van der Waals surface area contributed by atoms with Gasteiger partial charge in [-0.2, -0.15) is 0 Å². The van der Waals surface area contributed by atoms with Crippen LogP contribution in [0.3, 0.4) is 0 Å². The van der Waals surface area contributed by atoms with Crippen LogP contribution in [-0.4, -0.2) is 24.8 Å². The molecule has 1 fully saturated rings. The number of oxime groups is 1. The molecule has 3 N–H and O–H groups in total. The van der Waals surface area contributed by atoms with E-state index in [1.165, 1.54) is 31.2 Å². The maximum Gasteiger partial charge on any atom is 0.170 e. The number of hydrogen-bond acceptors (Lipinski definition) is 3. The van der Waals surface area contributed by atoms with Gasteiger partial charge >= 0.3 is 0 Å². The van der Waals surface area contributed by atoms with Crippen molar-refractivity contribution in [3.05, 3.63) is 35.4 Å². The number of amidine groups is 1. The Labute approximate surface area is 107 Å². The van der Waals surface area contributed by atoms with Gasteiger partial charge in [-0.05, 0) is 18.4 Å². The van der Waals surface area contributed by atoms with E-state index < -0.39 is 0 Å². The minimum Gasteiger partial charge on any atom is -0.409 e. The summed E-state index contributed by atoms with van der Waals surface area (Å²) >= 11 is 0. The molecule has 0 heterocycles. The van der Waals surface area contributed by atoms with Crippen molar-refractivity contribution in [2.75, 3.05) is 13.7 Å². The van der Waals surface area contributed by atoms with Gasteiger partial charge < -0.3 is 15.7 Å². The molecule has 1 aliphatic carbocycles. The van der Waals surface area contributed by atoms with Gasteiger partial charge in [0.15, 0.2) is 5.84 Å². The van der Waals surface area contributed by atoms with Crippen molar-refractivity contribution in [1.82, 2.24) is 0 Å². The summed E-state index contributed by atoms with van der Waals surface area (Å²) in [7, 11) is 1.75. The largest absolute Gasteiger partial charge is 0.409 e. The molecule has 1 saturated carbocycles. The van der Waals surface area contributed by atoms with Crippen LogP contribution in [0.25, 0.3) is 0 Å². The van der Waals surface area contributed by atoms with Crippen molar-refractivity contribution in [3.63, 3.8) is 0 Å². The van der Waals surface area contributed by atoms with E-state index >= 15 is 0 Å². The van der Waals surface area contributed by atoms with E-state index in [2.05, 4.69) is 17.3 Å². The molecule has 0 unspecified atom stereocenters.